The number of nitrogens with one attached hydrogen (secondary N) is 1. The largest absolute Gasteiger partial charge is 0.480 e. The van der Waals surface area contributed by atoms with E-state index < -0.39 is 46.4 Å². The van der Waals surface area contributed by atoms with E-state index in [0.717, 1.165) is 22.6 Å². The Balaban J connectivity index is 1.34. The van der Waals surface area contributed by atoms with Gasteiger partial charge in [-0.1, -0.05) is 0 Å². The van der Waals surface area contributed by atoms with E-state index in [9.17, 15) is 33.1 Å². The number of pyridine rings is 2. The van der Waals surface area contributed by atoms with Gasteiger partial charge in [-0.3, -0.25) is 24.1 Å². The van der Waals surface area contributed by atoms with Gasteiger partial charge in [0.05, 0.1) is 46.5 Å². The van der Waals surface area contributed by atoms with Gasteiger partial charge in [-0.2, -0.15) is 0 Å². The van der Waals surface area contributed by atoms with Crippen LogP contribution in [0.1, 0.15) is 16.1 Å². The summed E-state index contributed by atoms with van der Waals surface area (Å²) in [6.45, 7) is 0. The van der Waals surface area contributed by atoms with Crippen molar-refractivity contribution in [2.24, 2.45) is 7.05 Å². The minimum Gasteiger partial charge on any atom is -0.480 e. The molecule has 1 aromatic carbocycles. The minimum absolute atomic E-state index is 0.136. The zero-order valence-corrected chi connectivity index (χ0v) is 23.3. The van der Waals surface area contributed by atoms with Gasteiger partial charge in [0.1, 0.15) is 17.7 Å². The molecule has 0 aliphatic rings. The fourth-order valence-corrected chi connectivity index (χ4v) is 5.03. The van der Waals surface area contributed by atoms with Crippen LogP contribution in [-0.4, -0.2) is 49.2 Å². The Bertz CT molecular complexity index is 1960. The maximum atomic E-state index is 14.9. The van der Waals surface area contributed by atoms with Gasteiger partial charge in [0.2, 0.25) is 0 Å². The number of rotatable bonds is 9. The highest BCUT2D eigenvalue weighted by Crippen LogP contribution is 2.31. The summed E-state index contributed by atoms with van der Waals surface area (Å²) >= 11 is 0.993. The second kappa shape index (κ2) is 11.9. The number of carbonyl (C=O) groups is 2. The summed E-state index contributed by atoms with van der Waals surface area (Å²) < 4.78 is 38.4. The molecular formula is C28H22F2N6O6S. The highest BCUT2D eigenvalue weighted by Gasteiger charge is 2.25. The standard InChI is InChI=1S/C28H22F2N6O6S/c1-34-23-14-31-8-7-17(23)26(38)36(28(34)41)16-6-5-15(32-13-16)10-21(27(39)40)33-25(37)18-11-20(30)22(12-19(18)29)35(2)43-24-4-3-9-42-24/h3-9,11-14,21H,10H2,1-2H3,(H,33,37)(H,39,40). The summed E-state index contributed by atoms with van der Waals surface area (Å²) in [5.41, 5.74) is -1.40. The van der Waals surface area contributed by atoms with Crippen molar-refractivity contribution in [3.8, 4) is 5.69 Å². The van der Waals surface area contributed by atoms with E-state index in [4.69, 9.17) is 4.42 Å². The zero-order valence-electron chi connectivity index (χ0n) is 22.5. The Labute approximate surface area is 245 Å². The SMILES string of the molecule is CN(Sc1ccco1)c1cc(F)c(C(=O)NC(Cc2ccc(-n3c(=O)c4ccncc4n(C)c3=O)cn2)C(=O)O)cc1F. The fraction of sp³-hybridized carbons (Fsp3) is 0.143. The van der Waals surface area contributed by atoms with Crippen molar-refractivity contribution < 1.29 is 27.9 Å². The predicted octanol–water partition coefficient (Wildman–Crippen LogP) is 2.92. The monoisotopic (exact) mass is 608 g/mol. The van der Waals surface area contributed by atoms with Crippen LogP contribution in [0, 0.1) is 11.6 Å². The second-order valence-electron chi connectivity index (χ2n) is 9.26. The number of carboxylic acid groups (broad SMARTS) is 1. The first-order chi connectivity index (χ1) is 20.5. The number of hydrogen-bond donors (Lipinski definition) is 2. The number of halogens is 2. The van der Waals surface area contributed by atoms with Crippen LogP contribution in [0.4, 0.5) is 14.5 Å². The summed E-state index contributed by atoms with van der Waals surface area (Å²) in [7, 11) is 2.97. The van der Waals surface area contributed by atoms with Gasteiger partial charge >= 0.3 is 11.7 Å². The van der Waals surface area contributed by atoms with E-state index in [2.05, 4.69) is 15.3 Å². The number of anilines is 1. The topological polar surface area (TPSA) is 153 Å². The van der Waals surface area contributed by atoms with Crippen molar-refractivity contribution in [3.63, 3.8) is 0 Å². The lowest BCUT2D eigenvalue weighted by atomic mass is 10.1. The molecule has 1 unspecified atom stereocenters. The Morgan fingerprint density at radius 3 is 2.60 bits per heavy atom. The van der Waals surface area contributed by atoms with Crippen LogP contribution in [-0.2, 0) is 18.3 Å². The van der Waals surface area contributed by atoms with Crippen LogP contribution in [0.5, 0.6) is 0 Å². The van der Waals surface area contributed by atoms with E-state index in [1.165, 1.54) is 66.0 Å². The number of aromatic nitrogens is 4. The molecule has 0 saturated carbocycles. The third-order valence-electron chi connectivity index (χ3n) is 6.50. The molecule has 0 fully saturated rings. The minimum atomic E-state index is -1.56. The molecule has 4 heterocycles. The van der Waals surface area contributed by atoms with Crippen LogP contribution in [0.3, 0.4) is 0 Å². The van der Waals surface area contributed by atoms with Crippen LogP contribution in [0.25, 0.3) is 16.6 Å². The third-order valence-corrected chi connectivity index (χ3v) is 7.38. The molecular weight excluding hydrogens is 586 g/mol. The van der Waals surface area contributed by atoms with Gasteiger partial charge in [-0.25, -0.2) is 22.9 Å². The van der Waals surface area contributed by atoms with Gasteiger partial charge in [-0.15, -0.1) is 0 Å². The maximum Gasteiger partial charge on any atom is 0.335 e. The van der Waals surface area contributed by atoms with Crippen LogP contribution in [0.15, 0.2) is 86.4 Å². The lowest BCUT2D eigenvalue weighted by Crippen LogP contribution is -2.42. The molecule has 4 aromatic heterocycles. The number of aryl methyl sites for hydroxylation is 1. The Kier molecular flexibility index (Phi) is 8.07. The number of nitrogens with zero attached hydrogens (tertiary/aromatic N) is 5. The molecule has 12 nitrogen and oxygen atoms in total. The van der Waals surface area contributed by atoms with Gasteiger partial charge in [0.25, 0.3) is 11.5 Å². The number of hydrogen-bond acceptors (Lipinski definition) is 9. The molecule has 2 N–H and O–H groups in total. The number of amides is 1. The van der Waals surface area contributed by atoms with E-state index in [0.29, 0.717) is 16.7 Å². The molecule has 0 radical (unpaired) electrons. The highest BCUT2D eigenvalue weighted by molar-refractivity contribution is 8.00. The normalized spacial score (nSPS) is 11.8. The highest BCUT2D eigenvalue weighted by atomic mass is 32.2. The maximum absolute atomic E-state index is 14.9. The molecule has 1 atom stereocenters. The number of furan rings is 1. The molecule has 5 aromatic rings. The average molecular weight is 609 g/mol. The van der Waals surface area contributed by atoms with Crippen molar-refractivity contribution in [1.29, 1.82) is 0 Å². The average Bonchev–Trinajstić information content (AvgIpc) is 3.50. The Morgan fingerprint density at radius 2 is 1.93 bits per heavy atom. The first kappa shape index (κ1) is 29.2. The van der Waals surface area contributed by atoms with Crippen molar-refractivity contribution in [2.45, 2.75) is 17.6 Å². The Morgan fingerprint density at radius 1 is 1.14 bits per heavy atom. The van der Waals surface area contributed by atoms with Gasteiger partial charge < -0.3 is 19.1 Å². The molecule has 0 spiro atoms. The summed E-state index contributed by atoms with van der Waals surface area (Å²) in [6.07, 6.45) is 5.14. The van der Waals surface area contributed by atoms with Crippen molar-refractivity contribution in [1.82, 2.24) is 24.4 Å². The van der Waals surface area contributed by atoms with E-state index in [-0.39, 0.29) is 28.9 Å². The Hall–Kier alpha value is -5.31. The molecule has 43 heavy (non-hydrogen) atoms. The van der Waals surface area contributed by atoms with Crippen molar-refractivity contribution in [3.05, 3.63) is 111 Å². The number of carbonyl (C=O) groups excluding carboxylic acids is 1. The number of benzene rings is 1. The third kappa shape index (κ3) is 5.88. The number of aliphatic carboxylic acids is 1. The first-order valence-electron chi connectivity index (χ1n) is 12.5. The smallest absolute Gasteiger partial charge is 0.335 e. The van der Waals surface area contributed by atoms with Crippen molar-refractivity contribution >= 4 is 40.4 Å². The van der Waals surface area contributed by atoms with Gasteiger partial charge in [0.15, 0.2) is 5.09 Å². The van der Waals surface area contributed by atoms with Crippen molar-refractivity contribution in [2.75, 3.05) is 11.4 Å². The van der Waals surface area contributed by atoms with Crippen LogP contribution in [0.2, 0.25) is 0 Å². The summed E-state index contributed by atoms with van der Waals surface area (Å²) in [5, 5.41) is 12.6. The lowest BCUT2D eigenvalue weighted by molar-refractivity contribution is -0.139. The first-order valence-corrected chi connectivity index (χ1v) is 13.3. The quantitative estimate of drug-likeness (QED) is 0.239. The lowest BCUT2D eigenvalue weighted by Gasteiger charge is -2.19. The number of carboxylic acids is 1. The van der Waals surface area contributed by atoms with Gasteiger partial charge in [-0.05, 0) is 36.4 Å². The van der Waals surface area contributed by atoms with E-state index in [1.807, 2.05) is 0 Å². The van der Waals surface area contributed by atoms with Crippen LogP contribution < -0.4 is 20.9 Å². The molecule has 0 saturated heterocycles. The van der Waals surface area contributed by atoms with Crippen LogP contribution >= 0.6 is 11.9 Å². The predicted molar refractivity (Wildman–Crippen MR) is 152 cm³/mol. The molecule has 0 aliphatic heterocycles. The molecule has 0 bridgehead atoms. The summed E-state index contributed by atoms with van der Waals surface area (Å²) in [6, 6.07) is 7.49. The fourth-order valence-electron chi connectivity index (χ4n) is 4.29. The van der Waals surface area contributed by atoms with Gasteiger partial charge in [0, 0.05) is 50.4 Å². The molecule has 15 heteroatoms. The molecule has 5 rings (SSSR count). The molecule has 220 valence electrons. The van der Waals surface area contributed by atoms with E-state index >= 15 is 0 Å². The molecule has 1 amide bonds. The zero-order chi connectivity index (χ0) is 30.8. The summed E-state index contributed by atoms with van der Waals surface area (Å²) in [5.74, 6) is -4.57. The number of fused-ring (bicyclic) bond motifs is 1. The second-order valence-corrected chi connectivity index (χ2v) is 10.4. The summed E-state index contributed by atoms with van der Waals surface area (Å²) in [4.78, 5) is 58.7. The molecule has 0 aliphatic carbocycles. The van der Waals surface area contributed by atoms with E-state index in [1.54, 1.807) is 12.1 Å².